The number of fused-ring (bicyclic) bond motifs is 1. The summed E-state index contributed by atoms with van der Waals surface area (Å²) < 4.78 is 6.09. The number of ether oxygens (including phenoxy) is 1. The maximum absolute atomic E-state index is 6.09. The molecule has 0 aromatic heterocycles. The SMILES string of the molecule is CC(C)c1ccc2c(c1)N(CCCN)CC(C)(C)O2. The lowest BCUT2D eigenvalue weighted by atomic mass is 9.99. The maximum atomic E-state index is 6.09. The molecule has 1 aromatic rings. The van der Waals surface area contributed by atoms with Crippen molar-refractivity contribution < 1.29 is 4.74 Å². The monoisotopic (exact) mass is 262 g/mol. The number of nitrogens with two attached hydrogens (primary N) is 1. The Morgan fingerprint density at radius 2 is 2.11 bits per heavy atom. The zero-order valence-corrected chi connectivity index (χ0v) is 12.6. The van der Waals surface area contributed by atoms with Crippen LogP contribution in [-0.2, 0) is 0 Å². The Morgan fingerprint density at radius 1 is 1.37 bits per heavy atom. The smallest absolute Gasteiger partial charge is 0.143 e. The van der Waals surface area contributed by atoms with Gasteiger partial charge in [-0.25, -0.2) is 0 Å². The molecular formula is C16H26N2O. The van der Waals surface area contributed by atoms with Crippen molar-refractivity contribution in [3.63, 3.8) is 0 Å². The summed E-state index contributed by atoms with van der Waals surface area (Å²) in [4.78, 5) is 2.41. The Balaban J connectivity index is 2.34. The molecule has 0 saturated heterocycles. The lowest BCUT2D eigenvalue weighted by Crippen LogP contribution is -2.47. The molecule has 2 rings (SSSR count). The Hall–Kier alpha value is -1.22. The molecule has 0 fully saturated rings. The van der Waals surface area contributed by atoms with Crippen molar-refractivity contribution in [2.75, 3.05) is 24.5 Å². The molecule has 0 unspecified atom stereocenters. The summed E-state index contributed by atoms with van der Waals surface area (Å²) in [6, 6.07) is 6.55. The normalized spacial score (nSPS) is 17.3. The lowest BCUT2D eigenvalue weighted by Gasteiger charge is -2.41. The van der Waals surface area contributed by atoms with E-state index < -0.39 is 0 Å². The van der Waals surface area contributed by atoms with E-state index in [9.17, 15) is 0 Å². The van der Waals surface area contributed by atoms with Gasteiger partial charge in [-0.2, -0.15) is 0 Å². The van der Waals surface area contributed by atoms with Crippen molar-refractivity contribution in [3.8, 4) is 5.75 Å². The van der Waals surface area contributed by atoms with E-state index in [0.29, 0.717) is 5.92 Å². The van der Waals surface area contributed by atoms with Crippen LogP contribution >= 0.6 is 0 Å². The van der Waals surface area contributed by atoms with Gasteiger partial charge in [0.15, 0.2) is 0 Å². The first-order valence-corrected chi connectivity index (χ1v) is 7.21. The van der Waals surface area contributed by atoms with Crippen LogP contribution in [-0.4, -0.2) is 25.2 Å². The van der Waals surface area contributed by atoms with Gasteiger partial charge in [-0.15, -0.1) is 0 Å². The average molecular weight is 262 g/mol. The van der Waals surface area contributed by atoms with Crippen LogP contribution in [0.15, 0.2) is 18.2 Å². The second-order valence-electron chi connectivity index (χ2n) is 6.31. The van der Waals surface area contributed by atoms with Crippen molar-refractivity contribution in [1.29, 1.82) is 0 Å². The van der Waals surface area contributed by atoms with E-state index in [2.05, 4.69) is 50.8 Å². The predicted molar refractivity (Wildman–Crippen MR) is 81.1 cm³/mol. The topological polar surface area (TPSA) is 38.5 Å². The van der Waals surface area contributed by atoms with Gasteiger partial charge in [-0.05, 0) is 50.4 Å². The molecule has 0 aliphatic carbocycles. The first-order valence-electron chi connectivity index (χ1n) is 7.21. The Kier molecular flexibility index (Phi) is 4.04. The molecule has 0 bridgehead atoms. The van der Waals surface area contributed by atoms with Crippen molar-refractivity contribution in [3.05, 3.63) is 23.8 Å². The van der Waals surface area contributed by atoms with Gasteiger partial charge in [0, 0.05) is 6.54 Å². The third kappa shape index (κ3) is 3.21. The molecular weight excluding hydrogens is 236 g/mol. The molecule has 3 nitrogen and oxygen atoms in total. The number of anilines is 1. The van der Waals surface area contributed by atoms with E-state index in [0.717, 1.165) is 31.8 Å². The molecule has 0 saturated carbocycles. The van der Waals surface area contributed by atoms with Crippen molar-refractivity contribution in [2.24, 2.45) is 5.73 Å². The highest BCUT2D eigenvalue weighted by atomic mass is 16.5. The summed E-state index contributed by atoms with van der Waals surface area (Å²) in [5.74, 6) is 1.54. The van der Waals surface area contributed by atoms with Crippen molar-refractivity contribution >= 4 is 5.69 Å². The number of hydrogen-bond acceptors (Lipinski definition) is 3. The molecule has 1 aliphatic heterocycles. The Bertz CT molecular complexity index is 440. The first kappa shape index (κ1) is 14.2. The lowest BCUT2D eigenvalue weighted by molar-refractivity contribution is 0.105. The van der Waals surface area contributed by atoms with Gasteiger partial charge in [-0.3, -0.25) is 0 Å². The van der Waals surface area contributed by atoms with Gasteiger partial charge in [0.05, 0.1) is 12.2 Å². The molecule has 3 heteroatoms. The molecule has 1 aromatic carbocycles. The van der Waals surface area contributed by atoms with Gasteiger partial charge in [0.25, 0.3) is 0 Å². The predicted octanol–water partition coefficient (Wildman–Crippen LogP) is 3.14. The van der Waals surface area contributed by atoms with Crippen LogP contribution in [0, 0.1) is 0 Å². The fourth-order valence-electron chi connectivity index (χ4n) is 2.58. The molecule has 19 heavy (non-hydrogen) atoms. The minimum absolute atomic E-state index is 0.138. The van der Waals surface area contributed by atoms with E-state index in [1.807, 2.05) is 0 Å². The standard InChI is InChI=1S/C16H26N2O/c1-12(2)13-6-7-15-14(10-13)18(9-5-8-17)11-16(3,4)19-15/h6-7,10,12H,5,8-9,11,17H2,1-4H3. The van der Waals surface area contributed by atoms with Crippen LogP contribution in [0.5, 0.6) is 5.75 Å². The van der Waals surface area contributed by atoms with Gasteiger partial charge in [-0.1, -0.05) is 19.9 Å². The summed E-state index contributed by atoms with van der Waals surface area (Å²) in [7, 11) is 0. The van der Waals surface area contributed by atoms with Crippen LogP contribution in [0.3, 0.4) is 0 Å². The van der Waals surface area contributed by atoms with Gasteiger partial charge in [0.2, 0.25) is 0 Å². The van der Waals surface area contributed by atoms with E-state index >= 15 is 0 Å². The summed E-state index contributed by atoms with van der Waals surface area (Å²) in [6.45, 7) is 11.4. The van der Waals surface area contributed by atoms with Crippen LogP contribution in [0.1, 0.15) is 45.6 Å². The Labute approximate surface area is 116 Å². The quantitative estimate of drug-likeness (QED) is 0.906. The molecule has 2 N–H and O–H groups in total. The first-order chi connectivity index (χ1) is 8.93. The molecule has 0 spiro atoms. The fraction of sp³-hybridized carbons (Fsp3) is 0.625. The van der Waals surface area contributed by atoms with Crippen molar-refractivity contribution in [2.45, 2.75) is 45.6 Å². The zero-order valence-electron chi connectivity index (χ0n) is 12.6. The van der Waals surface area contributed by atoms with Gasteiger partial charge in [0.1, 0.15) is 11.4 Å². The van der Waals surface area contributed by atoms with E-state index in [-0.39, 0.29) is 5.60 Å². The van der Waals surface area contributed by atoms with Crippen LogP contribution in [0.2, 0.25) is 0 Å². The fourth-order valence-corrected chi connectivity index (χ4v) is 2.58. The van der Waals surface area contributed by atoms with Crippen LogP contribution in [0.4, 0.5) is 5.69 Å². The Morgan fingerprint density at radius 3 is 2.74 bits per heavy atom. The number of rotatable bonds is 4. The third-order valence-electron chi connectivity index (χ3n) is 3.58. The van der Waals surface area contributed by atoms with E-state index in [1.165, 1.54) is 11.3 Å². The number of benzene rings is 1. The second kappa shape index (κ2) is 5.41. The molecule has 0 amide bonds. The number of nitrogens with zero attached hydrogens (tertiary/aromatic N) is 1. The van der Waals surface area contributed by atoms with Gasteiger partial charge < -0.3 is 15.4 Å². The molecule has 106 valence electrons. The van der Waals surface area contributed by atoms with E-state index in [1.54, 1.807) is 0 Å². The van der Waals surface area contributed by atoms with Crippen LogP contribution in [0.25, 0.3) is 0 Å². The molecule has 0 radical (unpaired) electrons. The summed E-state index contributed by atoms with van der Waals surface area (Å²) >= 11 is 0. The second-order valence-corrected chi connectivity index (χ2v) is 6.31. The highest BCUT2D eigenvalue weighted by Crippen LogP contribution is 2.38. The molecule has 1 heterocycles. The molecule has 1 aliphatic rings. The zero-order chi connectivity index (χ0) is 14.0. The highest BCUT2D eigenvalue weighted by molar-refractivity contribution is 5.62. The third-order valence-corrected chi connectivity index (χ3v) is 3.58. The van der Waals surface area contributed by atoms with Gasteiger partial charge >= 0.3 is 0 Å². The average Bonchev–Trinajstić information content (AvgIpc) is 2.34. The number of hydrogen-bond donors (Lipinski definition) is 1. The minimum atomic E-state index is -0.138. The van der Waals surface area contributed by atoms with E-state index in [4.69, 9.17) is 10.5 Å². The summed E-state index contributed by atoms with van der Waals surface area (Å²) in [5.41, 5.74) is 8.10. The van der Waals surface area contributed by atoms with Crippen molar-refractivity contribution in [1.82, 2.24) is 0 Å². The van der Waals surface area contributed by atoms with Crippen LogP contribution < -0.4 is 15.4 Å². The maximum Gasteiger partial charge on any atom is 0.143 e. The summed E-state index contributed by atoms with van der Waals surface area (Å²) in [5, 5.41) is 0. The summed E-state index contributed by atoms with van der Waals surface area (Å²) in [6.07, 6.45) is 1.02. The highest BCUT2D eigenvalue weighted by Gasteiger charge is 2.31. The minimum Gasteiger partial charge on any atom is -0.484 e. The largest absolute Gasteiger partial charge is 0.484 e. The molecule has 0 atom stereocenters.